The molecule has 19 heavy (non-hydrogen) atoms. The van der Waals surface area contributed by atoms with Crippen molar-refractivity contribution in [2.75, 3.05) is 0 Å². The highest BCUT2D eigenvalue weighted by Crippen LogP contribution is 2.39. The first-order valence-corrected chi connectivity index (χ1v) is 6.83. The van der Waals surface area contributed by atoms with Gasteiger partial charge in [-0.25, -0.2) is 0 Å². The van der Waals surface area contributed by atoms with Gasteiger partial charge in [-0.05, 0) is 29.9 Å². The fraction of sp³-hybridized carbons (Fsp3) is 0.571. The monoisotopic (exact) mass is 259 g/mol. The van der Waals surface area contributed by atoms with E-state index in [1.165, 1.54) is 11.3 Å². The second kappa shape index (κ2) is 4.49. The molecule has 0 bridgehead atoms. The summed E-state index contributed by atoms with van der Waals surface area (Å²) >= 11 is 0. The van der Waals surface area contributed by atoms with Crippen LogP contribution >= 0.6 is 0 Å². The number of rotatable bonds is 3. The largest absolute Gasteiger partial charge is 0.349 e. The molecule has 5 heteroatoms. The van der Waals surface area contributed by atoms with Crippen LogP contribution in [0.1, 0.15) is 37.6 Å². The van der Waals surface area contributed by atoms with E-state index in [0.717, 1.165) is 25.9 Å². The van der Waals surface area contributed by atoms with Crippen LogP contribution in [0.5, 0.6) is 0 Å². The van der Waals surface area contributed by atoms with Gasteiger partial charge < -0.3 is 10.3 Å². The van der Waals surface area contributed by atoms with Gasteiger partial charge in [0.1, 0.15) is 0 Å². The second-order valence-corrected chi connectivity index (χ2v) is 6.23. The highest BCUT2D eigenvalue weighted by Gasteiger charge is 2.32. The summed E-state index contributed by atoms with van der Waals surface area (Å²) in [5.74, 6) is 0. The number of nitrogens with zero attached hydrogens (tertiary/aromatic N) is 4. The first kappa shape index (κ1) is 12.4. The Hall–Kier alpha value is -1.62. The van der Waals surface area contributed by atoms with E-state index in [2.05, 4.69) is 41.0 Å². The Bertz CT molecular complexity index is 552. The maximum absolute atomic E-state index is 6.29. The molecule has 1 aliphatic rings. The van der Waals surface area contributed by atoms with Crippen LogP contribution in [0.15, 0.2) is 24.7 Å². The van der Waals surface area contributed by atoms with E-state index < -0.39 is 0 Å². The van der Waals surface area contributed by atoms with Gasteiger partial charge in [0.05, 0.1) is 12.7 Å². The normalized spacial score (nSPS) is 21.3. The molecule has 5 nitrogen and oxygen atoms in total. The minimum Gasteiger partial charge on any atom is -0.349 e. The quantitative estimate of drug-likeness (QED) is 0.913. The molecule has 0 radical (unpaired) electrons. The molecule has 0 saturated heterocycles. The maximum Gasteiger partial charge on any atom is 0.0692 e. The summed E-state index contributed by atoms with van der Waals surface area (Å²) < 4.78 is 4.18. The smallest absolute Gasteiger partial charge is 0.0692 e. The Kier molecular flexibility index (Phi) is 2.93. The Balaban J connectivity index is 1.80. The molecule has 0 saturated carbocycles. The molecule has 102 valence electrons. The lowest BCUT2D eigenvalue weighted by Crippen LogP contribution is -2.30. The minimum atomic E-state index is 0.173. The number of hydrogen-bond donors (Lipinski definition) is 1. The van der Waals surface area contributed by atoms with Crippen LogP contribution < -0.4 is 5.73 Å². The second-order valence-electron chi connectivity index (χ2n) is 6.23. The van der Waals surface area contributed by atoms with E-state index >= 15 is 0 Å². The van der Waals surface area contributed by atoms with Gasteiger partial charge in [0.25, 0.3) is 0 Å². The van der Waals surface area contributed by atoms with Crippen LogP contribution in [-0.4, -0.2) is 19.6 Å². The van der Waals surface area contributed by atoms with E-state index in [1.807, 2.05) is 10.9 Å². The Morgan fingerprint density at radius 3 is 2.95 bits per heavy atom. The average molecular weight is 259 g/mol. The van der Waals surface area contributed by atoms with Crippen LogP contribution in [0.3, 0.4) is 0 Å². The number of aromatic nitrogens is 4. The number of fused-ring (bicyclic) bond motifs is 1. The van der Waals surface area contributed by atoms with E-state index in [4.69, 9.17) is 5.73 Å². The predicted octanol–water partition coefficient (Wildman–Crippen LogP) is 1.75. The molecular formula is C14H21N5. The van der Waals surface area contributed by atoms with Crippen molar-refractivity contribution in [2.24, 2.45) is 11.1 Å². The molecule has 3 rings (SSSR count). The Morgan fingerprint density at radius 1 is 1.37 bits per heavy atom. The summed E-state index contributed by atoms with van der Waals surface area (Å²) in [6.07, 6.45) is 7.92. The van der Waals surface area contributed by atoms with Crippen molar-refractivity contribution < 1.29 is 0 Å². The summed E-state index contributed by atoms with van der Waals surface area (Å²) in [5, 5.41) is 7.83. The third-order valence-electron chi connectivity index (χ3n) is 3.97. The third-order valence-corrected chi connectivity index (χ3v) is 3.97. The molecule has 0 aromatic carbocycles. The summed E-state index contributed by atoms with van der Waals surface area (Å²) in [7, 11) is 0. The van der Waals surface area contributed by atoms with Gasteiger partial charge in [-0.15, -0.1) is 5.10 Å². The van der Waals surface area contributed by atoms with Crippen molar-refractivity contribution in [3.05, 3.63) is 35.9 Å². The predicted molar refractivity (Wildman–Crippen MR) is 73.5 cm³/mol. The molecular weight excluding hydrogens is 238 g/mol. The van der Waals surface area contributed by atoms with Crippen molar-refractivity contribution >= 4 is 0 Å². The Morgan fingerprint density at radius 2 is 2.21 bits per heavy atom. The van der Waals surface area contributed by atoms with Gasteiger partial charge in [0, 0.05) is 30.7 Å². The first-order chi connectivity index (χ1) is 9.05. The SMILES string of the molecule is CC1(C)Cc2c(ccn2CCn2ccnn2)C(N)C1. The molecule has 2 N–H and O–H groups in total. The Labute approximate surface area is 113 Å². The number of aryl methyl sites for hydroxylation is 2. The fourth-order valence-electron chi connectivity index (χ4n) is 3.07. The van der Waals surface area contributed by atoms with Crippen molar-refractivity contribution in [3.63, 3.8) is 0 Å². The van der Waals surface area contributed by atoms with Gasteiger partial charge in [0.15, 0.2) is 0 Å². The first-order valence-electron chi connectivity index (χ1n) is 6.83. The summed E-state index contributed by atoms with van der Waals surface area (Å²) in [4.78, 5) is 0. The maximum atomic E-state index is 6.29. The standard InChI is InChI=1S/C14H21N5/c1-14(2)9-12(15)11-3-5-18(13(11)10-14)7-8-19-6-4-16-17-19/h3-6,12H,7-10,15H2,1-2H3. The third kappa shape index (κ3) is 2.42. The topological polar surface area (TPSA) is 61.7 Å². The molecule has 1 atom stereocenters. The van der Waals surface area contributed by atoms with Gasteiger partial charge in [-0.1, -0.05) is 19.1 Å². The molecule has 1 aliphatic carbocycles. The highest BCUT2D eigenvalue weighted by atomic mass is 15.4. The van der Waals surface area contributed by atoms with Crippen molar-refractivity contribution in [3.8, 4) is 0 Å². The summed E-state index contributed by atoms with van der Waals surface area (Å²) in [5.41, 5.74) is 9.28. The van der Waals surface area contributed by atoms with Crippen LogP contribution in [0.2, 0.25) is 0 Å². The van der Waals surface area contributed by atoms with Gasteiger partial charge in [0.2, 0.25) is 0 Å². The number of nitrogens with two attached hydrogens (primary N) is 1. The molecule has 2 aromatic heterocycles. The zero-order chi connectivity index (χ0) is 13.5. The van der Waals surface area contributed by atoms with Gasteiger partial charge in [-0.2, -0.15) is 0 Å². The van der Waals surface area contributed by atoms with Crippen molar-refractivity contribution in [1.29, 1.82) is 0 Å². The van der Waals surface area contributed by atoms with Crippen molar-refractivity contribution in [2.45, 2.75) is 45.8 Å². The zero-order valence-electron chi connectivity index (χ0n) is 11.6. The summed E-state index contributed by atoms with van der Waals surface area (Å²) in [6, 6.07) is 2.35. The molecule has 0 aliphatic heterocycles. The molecule has 1 unspecified atom stereocenters. The number of hydrogen-bond acceptors (Lipinski definition) is 3. The molecule has 0 amide bonds. The fourth-order valence-corrected chi connectivity index (χ4v) is 3.07. The molecule has 2 aromatic rings. The minimum absolute atomic E-state index is 0.173. The van der Waals surface area contributed by atoms with Crippen LogP contribution in [0.4, 0.5) is 0 Å². The lowest BCUT2D eigenvalue weighted by molar-refractivity contribution is 0.274. The van der Waals surface area contributed by atoms with E-state index in [-0.39, 0.29) is 11.5 Å². The van der Waals surface area contributed by atoms with E-state index in [9.17, 15) is 0 Å². The van der Waals surface area contributed by atoms with Crippen molar-refractivity contribution in [1.82, 2.24) is 19.6 Å². The molecule has 0 fully saturated rings. The van der Waals surface area contributed by atoms with Gasteiger partial charge >= 0.3 is 0 Å². The lowest BCUT2D eigenvalue weighted by atomic mass is 9.74. The van der Waals surface area contributed by atoms with Crippen LogP contribution in [0, 0.1) is 5.41 Å². The zero-order valence-corrected chi connectivity index (χ0v) is 11.6. The molecule has 2 heterocycles. The van der Waals surface area contributed by atoms with E-state index in [0.29, 0.717) is 0 Å². The summed E-state index contributed by atoms with van der Waals surface area (Å²) in [6.45, 7) is 6.35. The van der Waals surface area contributed by atoms with Crippen LogP contribution in [-0.2, 0) is 19.5 Å². The van der Waals surface area contributed by atoms with Gasteiger partial charge in [-0.3, -0.25) is 4.68 Å². The van der Waals surface area contributed by atoms with E-state index in [1.54, 1.807) is 6.20 Å². The molecule has 0 spiro atoms. The average Bonchev–Trinajstić information content (AvgIpc) is 2.93. The van der Waals surface area contributed by atoms with Crippen LogP contribution in [0.25, 0.3) is 0 Å². The lowest BCUT2D eigenvalue weighted by Gasteiger charge is -2.34. The highest BCUT2D eigenvalue weighted by molar-refractivity contribution is 5.30.